The summed E-state index contributed by atoms with van der Waals surface area (Å²) in [5.41, 5.74) is 5.81. The van der Waals surface area contributed by atoms with Gasteiger partial charge in [-0.05, 0) is 6.42 Å². The van der Waals surface area contributed by atoms with E-state index in [0.29, 0.717) is 19.5 Å². The van der Waals surface area contributed by atoms with Crippen LogP contribution in [0.2, 0.25) is 0 Å². The third-order valence-corrected chi connectivity index (χ3v) is 4.18. The van der Waals surface area contributed by atoms with Gasteiger partial charge in [-0.15, -0.1) is 0 Å². The van der Waals surface area contributed by atoms with Crippen LogP contribution in [0.3, 0.4) is 0 Å². The molecule has 0 saturated carbocycles. The predicted molar refractivity (Wildman–Crippen MR) is 68.8 cm³/mol. The Hall–Kier alpha value is -0.700. The van der Waals surface area contributed by atoms with Crippen molar-refractivity contribution in [2.75, 3.05) is 26.2 Å². The number of carbonyl (C=O) groups is 1. The van der Waals surface area contributed by atoms with Gasteiger partial charge in [-0.25, -0.2) is 5.14 Å². The molecule has 0 aromatic carbocycles. The smallest absolute Gasteiger partial charge is 0.277 e. The molecule has 1 aliphatic heterocycles. The van der Waals surface area contributed by atoms with Gasteiger partial charge in [0.05, 0.1) is 6.04 Å². The number of unbranched alkanes of at least 4 members (excludes halogenated alkanes) is 1. The summed E-state index contributed by atoms with van der Waals surface area (Å²) >= 11 is 0. The minimum atomic E-state index is -3.65. The van der Waals surface area contributed by atoms with Gasteiger partial charge in [-0.2, -0.15) is 12.7 Å². The first-order chi connectivity index (χ1) is 8.36. The van der Waals surface area contributed by atoms with E-state index in [0.717, 1.165) is 12.8 Å². The van der Waals surface area contributed by atoms with Crippen molar-refractivity contribution in [2.45, 2.75) is 32.2 Å². The highest BCUT2D eigenvalue weighted by Gasteiger charge is 2.28. The zero-order valence-electron chi connectivity index (χ0n) is 10.7. The molecule has 106 valence electrons. The Morgan fingerprint density at radius 1 is 1.28 bits per heavy atom. The highest BCUT2D eigenvalue weighted by Crippen LogP contribution is 2.08. The summed E-state index contributed by atoms with van der Waals surface area (Å²) in [6, 6.07) is -0.481. The van der Waals surface area contributed by atoms with Crippen LogP contribution >= 0.6 is 0 Å². The van der Waals surface area contributed by atoms with E-state index in [1.807, 2.05) is 6.92 Å². The van der Waals surface area contributed by atoms with E-state index < -0.39 is 16.3 Å². The second-order valence-electron chi connectivity index (χ2n) is 4.52. The largest absolute Gasteiger partial charge is 0.339 e. The molecule has 18 heavy (non-hydrogen) atoms. The second kappa shape index (κ2) is 6.46. The maximum Gasteiger partial charge on any atom is 0.277 e. The highest BCUT2D eigenvalue weighted by molar-refractivity contribution is 7.86. The van der Waals surface area contributed by atoms with Crippen LogP contribution in [0.5, 0.6) is 0 Å². The van der Waals surface area contributed by atoms with Gasteiger partial charge in [-0.3, -0.25) is 4.79 Å². The molecule has 8 heteroatoms. The molecule has 1 saturated heterocycles. The Labute approximate surface area is 108 Å². The Bertz CT molecular complexity index is 377. The molecule has 1 rings (SSSR count). The van der Waals surface area contributed by atoms with E-state index in [9.17, 15) is 13.2 Å². The minimum Gasteiger partial charge on any atom is -0.339 e. The van der Waals surface area contributed by atoms with Crippen LogP contribution in [0.1, 0.15) is 26.2 Å². The molecule has 0 aromatic rings. The molecule has 0 spiro atoms. The maximum atomic E-state index is 12.0. The van der Waals surface area contributed by atoms with Crippen LogP contribution < -0.4 is 10.9 Å². The lowest BCUT2D eigenvalue weighted by Crippen LogP contribution is -2.55. The average Bonchev–Trinajstić information content (AvgIpc) is 2.34. The normalized spacial score (nSPS) is 19.8. The van der Waals surface area contributed by atoms with Crippen LogP contribution in [0.4, 0.5) is 0 Å². The van der Waals surface area contributed by atoms with E-state index in [2.05, 4.69) is 0 Å². The zero-order valence-corrected chi connectivity index (χ0v) is 11.5. The summed E-state index contributed by atoms with van der Waals surface area (Å²) in [4.78, 5) is 13.6. The summed E-state index contributed by atoms with van der Waals surface area (Å²) in [5.74, 6) is -0.0995. The third-order valence-electron chi connectivity index (χ3n) is 3.10. The van der Waals surface area contributed by atoms with Gasteiger partial charge in [-0.1, -0.05) is 19.8 Å². The van der Waals surface area contributed by atoms with Crippen molar-refractivity contribution in [3.63, 3.8) is 0 Å². The van der Waals surface area contributed by atoms with Gasteiger partial charge >= 0.3 is 0 Å². The molecule has 1 heterocycles. The fraction of sp³-hybridized carbons (Fsp3) is 0.900. The van der Waals surface area contributed by atoms with Crippen LogP contribution in [0, 0.1) is 0 Å². The molecule has 0 unspecified atom stereocenters. The Kier molecular flexibility index (Phi) is 5.51. The number of amides is 1. The van der Waals surface area contributed by atoms with E-state index in [4.69, 9.17) is 10.9 Å². The number of nitrogens with zero attached hydrogens (tertiary/aromatic N) is 2. The second-order valence-corrected chi connectivity index (χ2v) is 6.06. The van der Waals surface area contributed by atoms with Crippen molar-refractivity contribution in [1.29, 1.82) is 0 Å². The molecular weight excluding hydrogens is 256 g/mol. The Morgan fingerprint density at radius 2 is 1.83 bits per heavy atom. The van der Waals surface area contributed by atoms with Crippen molar-refractivity contribution < 1.29 is 13.2 Å². The standard InChI is InChI=1S/C10H22N4O3S/c1-2-3-4-9(11)10(15)13-5-7-14(8-6-13)18(12,16)17/h9H,2-8,11H2,1H3,(H2,12,16,17)/t9-/m0/s1. The molecule has 1 fully saturated rings. The molecule has 7 nitrogen and oxygen atoms in total. The SMILES string of the molecule is CCCC[C@H](N)C(=O)N1CCN(S(N)(=O)=O)CC1. The zero-order chi connectivity index (χ0) is 13.8. The van der Waals surface area contributed by atoms with E-state index >= 15 is 0 Å². The van der Waals surface area contributed by atoms with Crippen molar-refractivity contribution >= 4 is 16.1 Å². The summed E-state index contributed by atoms with van der Waals surface area (Å²) < 4.78 is 23.4. The lowest BCUT2D eigenvalue weighted by molar-refractivity contribution is -0.133. The first kappa shape index (κ1) is 15.4. The fourth-order valence-electron chi connectivity index (χ4n) is 1.94. The molecule has 1 amide bonds. The summed E-state index contributed by atoms with van der Waals surface area (Å²) in [7, 11) is -3.65. The van der Waals surface area contributed by atoms with Crippen molar-refractivity contribution in [1.82, 2.24) is 9.21 Å². The van der Waals surface area contributed by atoms with E-state index in [1.165, 1.54) is 4.31 Å². The van der Waals surface area contributed by atoms with Crippen LogP contribution in [0.25, 0.3) is 0 Å². The lowest BCUT2D eigenvalue weighted by atomic mass is 10.1. The highest BCUT2D eigenvalue weighted by atomic mass is 32.2. The Morgan fingerprint density at radius 3 is 2.28 bits per heavy atom. The number of carbonyl (C=O) groups excluding carboxylic acids is 1. The molecule has 1 aliphatic rings. The van der Waals surface area contributed by atoms with E-state index in [-0.39, 0.29) is 19.0 Å². The summed E-state index contributed by atoms with van der Waals surface area (Å²) in [6.45, 7) is 3.24. The molecule has 0 bridgehead atoms. The fourth-order valence-corrected chi connectivity index (χ4v) is 2.62. The first-order valence-electron chi connectivity index (χ1n) is 6.18. The van der Waals surface area contributed by atoms with Gasteiger partial charge in [0.25, 0.3) is 10.2 Å². The van der Waals surface area contributed by atoms with Gasteiger partial charge in [0.15, 0.2) is 0 Å². The number of piperazine rings is 1. The van der Waals surface area contributed by atoms with Gasteiger partial charge < -0.3 is 10.6 Å². The lowest BCUT2D eigenvalue weighted by Gasteiger charge is -2.34. The average molecular weight is 278 g/mol. The van der Waals surface area contributed by atoms with Crippen molar-refractivity contribution in [3.05, 3.63) is 0 Å². The first-order valence-corrected chi connectivity index (χ1v) is 7.68. The van der Waals surface area contributed by atoms with Gasteiger partial charge in [0.1, 0.15) is 0 Å². The van der Waals surface area contributed by atoms with Crippen molar-refractivity contribution in [2.24, 2.45) is 10.9 Å². The molecule has 4 N–H and O–H groups in total. The molecule has 0 radical (unpaired) electrons. The van der Waals surface area contributed by atoms with Gasteiger partial charge in [0.2, 0.25) is 5.91 Å². The number of hydrogen-bond acceptors (Lipinski definition) is 4. The Balaban J connectivity index is 2.45. The number of hydrogen-bond donors (Lipinski definition) is 2. The van der Waals surface area contributed by atoms with E-state index in [1.54, 1.807) is 4.90 Å². The number of nitrogens with two attached hydrogens (primary N) is 2. The van der Waals surface area contributed by atoms with Crippen LogP contribution in [-0.4, -0.2) is 55.8 Å². The van der Waals surface area contributed by atoms with Gasteiger partial charge in [0, 0.05) is 26.2 Å². The molecular formula is C10H22N4O3S. The maximum absolute atomic E-state index is 12.0. The summed E-state index contributed by atoms with van der Waals surface area (Å²) in [5, 5.41) is 5.03. The topological polar surface area (TPSA) is 110 Å². The molecule has 1 atom stereocenters. The predicted octanol–water partition coefficient (Wildman–Crippen LogP) is -1.15. The monoisotopic (exact) mass is 278 g/mol. The molecule has 0 aliphatic carbocycles. The summed E-state index contributed by atoms with van der Waals surface area (Å²) in [6.07, 6.45) is 2.59. The van der Waals surface area contributed by atoms with Crippen LogP contribution in [-0.2, 0) is 15.0 Å². The minimum absolute atomic E-state index is 0.0995. The van der Waals surface area contributed by atoms with Crippen LogP contribution in [0.15, 0.2) is 0 Å². The quantitative estimate of drug-likeness (QED) is 0.661. The van der Waals surface area contributed by atoms with Crippen molar-refractivity contribution in [3.8, 4) is 0 Å². The molecule has 0 aromatic heterocycles. The third kappa shape index (κ3) is 4.20. The number of rotatable bonds is 5.